The molecule has 2 fully saturated rings. The van der Waals surface area contributed by atoms with Crippen molar-refractivity contribution in [2.24, 2.45) is 0 Å². The van der Waals surface area contributed by atoms with E-state index in [2.05, 4.69) is 14.8 Å². The summed E-state index contributed by atoms with van der Waals surface area (Å²) in [7, 11) is 0. The second-order valence-corrected chi connectivity index (χ2v) is 8.57. The zero-order chi connectivity index (χ0) is 22.1. The molecule has 0 spiro atoms. The smallest absolute Gasteiger partial charge is 0.381 e. The summed E-state index contributed by atoms with van der Waals surface area (Å²) in [4.78, 5) is 4.46. The molecule has 1 saturated heterocycles. The average Bonchev–Trinajstić information content (AvgIpc) is 3.47. The van der Waals surface area contributed by atoms with Gasteiger partial charge in [0.2, 0.25) is 5.82 Å². The first-order valence-corrected chi connectivity index (χ1v) is 11.2. The summed E-state index contributed by atoms with van der Waals surface area (Å²) < 4.78 is 52.5. The van der Waals surface area contributed by atoms with E-state index in [4.69, 9.17) is 14.4 Å². The molecule has 1 aromatic carbocycles. The summed E-state index contributed by atoms with van der Waals surface area (Å²) in [5.41, 5.74) is 1.38. The van der Waals surface area contributed by atoms with E-state index in [1.165, 1.54) is 25.3 Å². The molecule has 1 saturated carbocycles. The molecule has 0 amide bonds. The lowest BCUT2D eigenvalue weighted by molar-refractivity contribution is -0.137. The van der Waals surface area contributed by atoms with E-state index >= 15 is 0 Å². The van der Waals surface area contributed by atoms with Crippen LogP contribution in [-0.4, -0.2) is 33.1 Å². The van der Waals surface area contributed by atoms with Crippen molar-refractivity contribution in [2.75, 3.05) is 13.2 Å². The lowest BCUT2D eigenvalue weighted by Crippen LogP contribution is -2.22. The molecule has 3 heterocycles. The predicted molar refractivity (Wildman–Crippen MR) is 111 cm³/mol. The van der Waals surface area contributed by atoms with Gasteiger partial charge in [-0.05, 0) is 37.8 Å². The Morgan fingerprint density at radius 1 is 1.00 bits per heavy atom. The standard InChI is InChI=1S/C23H25F3N4O2/c24-23(25,26)17-6-4-5-16(13-17)21-28-22(32-29-21)19-14-27-30(18-7-2-1-3-8-18)20(19)15-9-11-31-12-10-15/h4-6,13-15,18H,1-3,7-12H2. The Hall–Kier alpha value is -2.68. The lowest BCUT2D eigenvalue weighted by Gasteiger charge is -2.29. The molecule has 2 aromatic heterocycles. The number of benzene rings is 1. The van der Waals surface area contributed by atoms with E-state index < -0.39 is 11.7 Å². The van der Waals surface area contributed by atoms with Gasteiger partial charge in [0, 0.05) is 24.7 Å². The van der Waals surface area contributed by atoms with Crippen molar-refractivity contribution in [2.45, 2.75) is 63.1 Å². The van der Waals surface area contributed by atoms with Crippen molar-refractivity contribution in [1.82, 2.24) is 19.9 Å². The molecular formula is C23H25F3N4O2. The molecule has 3 aromatic rings. The van der Waals surface area contributed by atoms with E-state index in [9.17, 15) is 13.2 Å². The molecule has 9 heteroatoms. The zero-order valence-electron chi connectivity index (χ0n) is 17.6. The Morgan fingerprint density at radius 2 is 1.78 bits per heavy atom. The minimum Gasteiger partial charge on any atom is -0.381 e. The lowest BCUT2D eigenvalue weighted by atomic mass is 9.91. The van der Waals surface area contributed by atoms with Gasteiger partial charge in [0.1, 0.15) is 0 Å². The molecule has 0 N–H and O–H groups in total. The summed E-state index contributed by atoms with van der Waals surface area (Å²) in [5.74, 6) is 0.697. The normalized spacial score (nSPS) is 18.8. The highest BCUT2D eigenvalue weighted by molar-refractivity contribution is 5.62. The van der Waals surface area contributed by atoms with Crippen LogP contribution in [-0.2, 0) is 10.9 Å². The van der Waals surface area contributed by atoms with Crippen LogP contribution in [0.1, 0.15) is 68.2 Å². The molecule has 1 aliphatic carbocycles. The third-order valence-corrected chi connectivity index (χ3v) is 6.47. The van der Waals surface area contributed by atoms with Crippen molar-refractivity contribution in [3.63, 3.8) is 0 Å². The van der Waals surface area contributed by atoms with Crippen LogP contribution in [0.2, 0.25) is 0 Å². The molecule has 0 atom stereocenters. The van der Waals surface area contributed by atoms with Crippen LogP contribution >= 0.6 is 0 Å². The highest BCUT2D eigenvalue weighted by atomic mass is 19.4. The van der Waals surface area contributed by atoms with Crippen LogP contribution in [0.25, 0.3) is 22.8 Å². The fourth-order valence-corrected chi connectivity index (χ4v) is 4.82. The van der Waals surface area contributed by atoms with E-state index in [0.717, 1.165) is 49.1 Å². The van der Waals surface area contributed by atoms with Crippen LogP contribution < -0.4 is 0 Å². The number of hydrogen-bond acceptors (Lipinski definition) is 5. The Kier molecular flexibility index (Phi) is 5.75. The van der Waals surface area contributed by atoms with Crippen molar-refractivity contribution in [1.29, 1.82) is 0 Å². The molecule has 0 radical (unpaired) electrons. The number of ether oxygens (including phenoxy) is 1. The third-order valence-electron chi connectivity index (χ3n) is 6.47. The van der Waals surface area contributed by atoms with Crippen molar-refractivity contribution < 1.29 is 22.4 Å². The van der Waals surface area contributed by atoms with Gasteiger partial charge in [-0.2, -0.15) is 23.3 Å². The van der Waals surface area contributed by atoms with Gasteiger partial charge in [-0.15, -0.1) is 0 Å². The predicted octanol–water partition coefficient (Wildman–Crippen LogP) is 6.02. The zero-order valence-corrected chi connectivity index (χ0v) is 17.6. The summed E-state index contributed by atoms with van der Waals surface area (Å²) >= 11 is 0. The van der Waals surface area contributed by atoms with E-state index in [1.54, 1.807) is 12.3 Å². The Morgan fingerprint density at radius 3 is 2.53 bits per heavy atom. The molecule has 0 unspecified atom stereocenters. The molecule has 1 aliphatic heterocycles. The number of aromatic nitrogens is 4. The molecule has 6 nitrogen and oxygen atoms in total. The molecule has 170 valence electrons. The van der Waals surface area contributed by atoms with Gasteiger partial charge in [-0.3, -0.25) is 4.68 Å². The van der Waals surface area contributed by atoms with E-state index in [-0.39, 0.29) is 17.3 Å². The summed E-state index contributed by atoms with van der Waals surface area (Å²) in [5, 5.41) is 8.70. The maximum absolute atomic E-state index is 13.1. The molecule has 32 heavy (non-hydrogen) atoms. The fraction of sp³-hybridized carbons (Fsp3) is 0.522. The van der Waals surface area contributed by atoms with Gasteiger partial charge in [-0.1, -0.05) is 36.6 Å². The summed E-state index contributed by atoms with van der Waals surface area (Å²) in [6, 6.07) is 5.32. The fourth-order valence-electron chi connectivity index (χ4n) is 4.82. The number of alkyl halides is 3. The number of rotatable bonds is 4. The highest BCUT2D eigenvalue weighted by Gasteiger charge is 2.32. The topological polar surface area (TPSA) is 66.0 Å². The maximum atomic E-state index is 13.1. The minimum atomic E-state index is -4.43. The van der Waals surface area contributed by atoms with Crippen molar-refractivity contribution in [3.05, 3.63) is 41.7 Å². The van der Waals surface area contributed by atoms with Gasteiger partial charge in [0.15, 0.2) is 0 Å². The van der Waals surface area contributed by atoms with Crippen molar-refractivity contribution in [3.8, 4) is 22.8 Å². The van der Waals surface area contributed by atoms with Gasteiger partial charge in [0.25, 0.3) is 5.89 Å². The first-order valence-electron chi connectivity index (χ1n) is 11.2. The van der Waals surface area contributed by atoms with Crippen LogP contribution in [0.15, 0.2) is 35.0 Å². The summed E-state index contributed by atoms with van der Waals surface area (Å²) in [6.07, 6.45) is 4.93. The number of nitrogens with zero attached hydrogens (tertiary/aromatic N) is 4. The Balaban J connectivity index is 1.51. The van der Waals surface area contributed by atoms with Crippen LogP contribution in [0, 0.1) is 0 Å². The van der Waals surface area contributed by atoms with Crippen LogP contribution in [0.3, 0.4) is 0 Å². The molecule has 2 aliphatic rings. The van der Waals surface area contributed by atoms with Gasteiger partial charge in [-0.25, -0.2) is 0 Å². The monoisotopic (exact) mass is 446 g/mol. The van der Waals surface area contributed by atoms with Gasteiger partial charge in [0.05, 0.1) is 29.1 Å². The largest absolute Gasteiger partial charge is 0.416 e. The Labute approximate surface area is 183 Å². The van der Waals surface area contributed by atoms with Crippen LogP contribution in [0.5, 0.6) is 0 Å². The molecule has 5 rings (SSSR count). The van der Waals surface area contributed by atoms with Gasteiger partial charge >= 0.3 is 6.18 Å². The quantitative estimate of drug-likeness (QED) is 0.490. The SMILES string of the molecule is FC(F)(F)c1cccc(-c2noc(-c3cnn(C4CCCCC4)c3C3CCOCC3)n2)c1. The maximum Gasteiger partial charge on any atom is 0.416 e. The number of halogens is 3. The second kappa shape index (κ2) is 8.69. The van der Waals surface area contributed by atoms with Gasteiger partial charge < -0.3 is 9.26 Å². The van der Waals surface area contributed by atoms with Crippen LogP contribution in [0.4, 0.5) is 13.2 Å². The minimum absolute atomic E-state index is 0.134. The summed E-state index contributed by atoms with van der Waals surface area (Å²) in [6.45, 7) is 1.39. The van der Waals surface area contributed by atoms with E-state index in [0.29, 0.717) is 25.1 Å². The first kappa shape index (κ1) is 21.2. The molecule has 0 bridgehead atoms. The van der Waals surface area contributed by atoms with Crippen molar-refractivity contribution >= 4 is 0 Å². The first-order chi connectivity index (χ1) is 15.5. The Bertz CT molecular complexity index is 1060. The number of hydrogen-bond donors (Lipinski definition) is 0. The highest BCUT2D eigenvalue weighted by Crippen LogP contribution is 2.39. The average molecular weight is 446 g/mol. The third kappa shape index (κ3) is 4.18. The second-order valence-electron chi connectivity index (χ2n) is 8.57. The van der Waals surface area contributed by atoms with E-state index in [1.807, 2.05) is 0 Å². The molecular weight excluding hydrogens is 421 g/mol.